The second-order valence-corrected chi connectivity index (χ2v) is 6.60. The van der Waals surface area contributed by atoms with Crippen LogP contribution in [0.5, 0.6) is 0 Å². The zero-order valence-electron chi connectivity index (χ0n) is 12.4. The van der Waals surface area contributed by atoms with Gasteiger partial charge in [0.15, 0.2) is 5.88 Å². The zero-order chi connectivity index (χ0) is 16.0. The normalized spacial score (nSPS) is 16.0. The van der Waals surface area contributed by atoms with Gasteiger partial charge in [0.2, 0.25) is 0 Å². The molecule has 0 unspecified atom stereocenters. The van der Waals surface area contributed by atoms with E-state index in [1.807, 2.05) is 42.5 Å². The number of fused-ring (bicyclic) bond motifs is 2. The van der Waals surface area contributed by atoms with Gasteiger partial charge in [0.25, 0.3) is 0 Å². The summed E-state index contributed by atoms with van der Waals surface area (Å²) in [6.45, 7) is 0.622. The van der Waals surface area contributed by atoms with Crippen LogP contribution in [0.1, 0.15) is 11.1 Å². The number of para-hydroxylation sites is 1. The van der Waals surface area contributed by atoms with Crippen LogP contribution in [0.2, 0.25) is 0 Å². The average molecular weight is 371 g/mol. The fourth-order valence-electron chi connectivity index (χ4n) is 3.21. The number of aliphatic hydroxyl groups excluding tert-OH is 1. The number of allylic oxidation sites excluding steroid dienone is 1. The third-order valence-corrected chi connectivity index (χ3v) is 4.82. The summed E-state index contributed by atoms with van der Waals surface area (Å²) in [4.78, 5) is 16.2. The fraction of sp³-hybridized carbons (Fsp3) is 0.167. The van der Waals surface area contributed by atoms with Crippen LogP contribution < -0.4 is 9.80 Å². The number of rotatable bonds is 0. The molecule has 23 heavy (non-hydrogen) atoms. The Balaban J connectivity index is 1.73. The van der Waals surface area contributed by atoms with Gasteiger partial charge in [0.1, 0.15) is 0 Å². The minimum atomic E-state index is -0.216. The summed E-state index contributed by atoms with van der Waals surface area (Å²) in [5.74, 6) is -0.000684. The maximum absolute atomic E-state index is 13.1. The molecule has 0 fully saturated rings. The third-order valence-electron chi connectivity index (χ3n) is 4.33. The van der Waals surface area contributed by atoms with Crippen LogP contribution in [-0.4, -0.2) is 17.7 Å². The predicted octanol–water partition coefficient (Wildman–Crippen LogP) is 4.39. The molecule has 0 spiro atoms. The molecule has 2 aromatic carbocycles. The quantitative estimate of drug-likeness (QED) is 0.746. The molecule has 0 aromatic heterocycles. The molecule has 0 saturated heterocycles. The molecule has 2 aliphatic heterocycles. The van der Waals surface area contributed by atoms with E-state index in [9.17, 15) is 9.90 Å². The van der Waals surface area contributed by atoms with Gasteiger partial charge >= 0.3 is 6.03 Å². The van der Waals surface area contributed by atoms with Crippen LogP contribution in [0, 0.1) is 0 Å². The van der Waals surface area contributed by atoms with E-state index in [1.165, 1.54) is 4.90 Å². The Hall–Kier alpha value is -2.27. The summed E-state index contributed by atoms with van der Waals surface area (Å²) >= 11 is 3.47. The van der Waals surface area contributed by atoms with E-state index in [2.05, 4.69) is 15.9 Å². The zero-order valence-corrected chi connectivity index (χ0v) is 14.0. The standard InChI is InChI=1S/C18H15BrN2O2/c19-14-6-7-15-13(11-14)9-10-20(15)18(23)21-16-4-2-1-3-12(16)5-8-17(21)22/h1-4,6-8,11,22H,5,9-10H2. The second-order valence-electron chi connectivity index (χ2n) is 5.69. The van der Waals surface area contributed by atoms with Crippen molar-refractivity contribution in [1.82, 2.24) is 0 Å². The van der Waals surface area contributed by atoms with Crippen molar-refractivity contribution >= 4 is 33.3 Å². The monoisotopic (exact) mass is 370 g/mol. The number of anilines is 2. The fourth-order valence-corrected chi connectivity index (χ4v) is 3.62. The van der Waals surface area contributed by atoms with Crippen molar-refractivity contribution in [3.05, 3.63) is 70.0 Å². The minimum Gasteiger partial charge on any atom is -0.494 e. The van der Waals surface area contributed by atoms with Crippen LogP contribution in [0.3, 0.4) is 0 Å². The first-order chi connectivity index (χ1) is 11.1. The molecule has 0 saturated carbocycles. The van der Waals surface area contributed by atoms with E-state index in [0.29, 0.717) is 13.0 Å². The first-order valence-corrected chi connectivity index (χ1v) is 8.31. The van der Waals surface area contributed by atoms with Crippen LogP contribution in [0.15, 0.2) is 58.9 Å². The summed E-state index contributed by atoms with van der Waals surface area (Å²) in [6, 6.07) is 13.4. The number of aliphatic hydroxyl groups is 1. The molecule has 2 heterocycles. The Morgan fingerprint density at radius 3 is 2.78 bits per heavy atom. The number of nitrogens with zero attached hydrogens (tertiary/aromatic N) is 2. The summed E-state index contributed by atoms with van der Waals surface area (Å²) in [7, 11) is 0. The maximum atomic E-state index is 13.1. The number of urea groups is 1. The second kappa shape index (κ2) is 5.42. The van der Waals surface area contributed by atoms with Gasteiger partial charge < -0.3 is 5.11 Å². The molecule has 2 aromatic rings. The van der Waals surface area contributed by atoms with Crippen LogP contribution >= 0.6 is 15.9 Å². The van der Waals surface area contributed by atoms with Gasteiger partial charge in [-0.1, -0.05) is 34.1 Å². The lowest BCUT2D eigenvalue weighted by Crippen LogP contribution is -2.43. The van der Waals surface area contributed by atoms with Crippen molar-refractivity contribution in [1.29, 1.82) is 0 Å². The minimum absolute atomic E-state index is 0.000684. The number of hydrogen-bond donors (Lipinski definition) is 1. The molecular formula is C18H15BrN2O2. The molecular weight excluding hydrogens is 356 g/mol. The van der Waals surface area contributed by atoms with Crippen molar-refractivity contribution in [2.24, 2.45) is 0 Å². The highest BCUT2D eigenvalue weighted by atomic mass is 79.9. The van der Waals surface area contributed by atoms with Crippen molar-refractivity contribution in [2.45, 2.75) is 12.8 Å². The van der Waals surface area contributed by atoms with Crippen molar-refractivity contribution < 1.29 is 9.90 Å². The summed E-state index contributed by atoms with van der Waals surface area (Å²) in [5.41, 5.74) is 3.84. The number of hydrogen-bond acceptors (Lipinski definition) is 2. The number of benzene rings is 2. The van der Waals surface area contributed by atoms with Crippen molar-refractivity contribution in [2.75, 3.05) is 16.3 Å². The highest BCUT2D eigenvalue weighted by Crippen LogP contribution is 2.35. The smallest absolute Gasteiger partial charge is 0.335 e. The number of carbonyl (C=O) groups is 1. The van der Waals surface area contributed by atoms with E-state index >= 15 is 0 Å². The Morgan fingerprint density at radius 1 is 1.09 bits per heavy atom. The van der Waals surface area contributed by atoms with E-state index < -0.39 is 0 Å². The molecule has 4 rings (SSSR count). The van der Waals surface area contributed by atoms with Gasteiger partial charge in [-0.15, -0.1) is 0 Å². The van der Waals surface area contributed by atoms with Gasteiger partial charge in [-0.3, -0.25) is 4.90 Å². The third kappa shape index (κ3) is 2.32. The molecule has 2 aliphatic rings. The average Bonchev–Trinajstić information content (AvgIpc) is 2.97. The Morgan fingerprint density at radius 2 is 1.91 bits per heavy atom. The van der Waals surface area contributed by atoms with Gasteiger partial charge in [-0.25, -0.2) is 9.69 Å². The lowest BCUT2D eigenvalue weighted by molar-refractivity contribution is 0.248. The lowest BCUT2D eigenvalue weighted by Gasteiger charge is -2.31. The SMILES string of the molecule is O=C(N1CCc2cc(Br)ccc21)N1C(O)=CCc2ccccc21. The van der Waals surface area contributed by atoms with Crippen LogP contribution in [0.25, 0.3) is 0 Å². The molecule has 0 aliphatic carbocycles. The van der Waals surface area contributed by atoms with Gasteiger partial charge in [-0.05, 0) is 54.3 Å². The predicted molar refractivity (Wildman–Crippen MR) is 93.9 cm³/mol. The maximum Gasteiger partial charge on any atom is 0.335 e. The molecule has 0 atom stereocenters. The Bertz CT molecular complexity index is 832. The first-order valence-electron chi connectivity index (χ1n) is 7.52. The van der Waals surface area contributed by atoms with Gasteiger partial charge in [0, 0.05) is 16.7 Å². The largest absolute Gasteiger partial charge is 0.494 e. The van der Waals surface area contributed by atoms with E-state index in [4.69, 9.17) is 0 Å². The number of halogens is 1. The topological polar surface area (TPSA) is 43.8 Å². The van der Waals surface area contributed by atoms with Crippen LogP contribution in [-0.2, 0) is 12.8 Å². The first kappa shape index (κ1) is 14.3. The molecule has 5 heteroatoms. The lowest BCUT2D eigenvalue weighted by atomic mass is 10.1. The van der Waals surface area contributed by atoms with Crippen molar-refractivity contribution in [3.8, 4) is 0 Å². The molecule has 2 amide bonds. The Labute approximate surface area is 142 Å². The molecule has 116 valence electrons. The Kier molecular flexibility index (Phi) is 3.38. The molecule has 0 radical (unpaired) electrons. The molecule has 0 bridgehead atoms. The molecule has 4 nitrogen and oxygen atoms in total. The highest BCUT2D eigenvalue weighted by Gasteiger charge is 2.33. The van der Waals surface area contributed by atoms with E-state index in [-0.39, 0.29) is 11.9 Å². The van der Waals surface area contributed by atoms with E-state index in [1.54, 1.807) is 11.0 Å². The number of carbonyl (C=O) groups excluding carboxylic acids is 1. The highest BCUT2D eigenvalue weighted by molar-refractivity contribution is 9.10. The van der Waals surface area contributed by atoms with E-state index in [0.717, 1.165) is 33.4 Å². The number of amides is 2. The van der Waals surface area contributed by atoms with Gasteiger partial charge in [-0.2, -0.15) is 0 Å². The summed E-state index contributed by atoms with van der Waals surface area (Å²) in [6.07, 6.45) is 3.13. The molecule has 1 N–H and O–H groups in total. The van der Waals surface area contributed by atoms with Gasteiger partial charge in [0.05, 0.1) is 5.69 Å². The van der Waals surface area contributed by atoms with Crippen molar-refractivity contribution in [3.63, 3.8) is 0 Å². The summed E-state index contributed by atoms with van der Waals surface area (Å²) in [5, 5.41) is 10.3. The van der Waals surface area contributed by atoms with Crippen LogP contribution in [0.4, 0.5) is 16.2 Å². The summed E-state index contributed by atoms with van der Waals surface area (Å²) < 4.78 is 1.01.